The van der Waals surface area contributed by atoms with Crippen LogP contribution in [0.3, 0.4) is 0 Å². The van der Waals surface area contributed by atoms with Gasteiger partial charge in [0.15, 0.2) is 5.96 Å². The minimum Gasteiger partial charge on any atom is -0.357 e. The summed E-state index contributed by atoms with van der Waals surface area (Å²) in [6, 6.07) is 8.07. The molecule has 2 aliphatic rings. The molecule has 2 heterocycles. The van der Waals surface area contributed by atoms with Gasteiger partial charge in [0.1, 0.15) is 0 Å². The molecule has 0 aliphatic carbocycles. The van der Waals surface area contributed by atoms with E-state index in [0.717, 1.165) is 31.3 Å². The van der Waals surface area contributed by atoms with Crippen LogP contribution in [0.5, 0.6) is 0 Å². The number of nitrogens with one attached hydrogen (secondary N) is 3. The van der Waals surface area contributed by atoms with E-state index in [9.17, 15) is 4.79 Å². The molecule has 1 aromatic carbocycles. The topological polar surface area (TPSA) is 68.8 Å². The number of carbonyl (C=O) groups is 1. The molecule has 1 aromatic rings. The summed E-state index contributed by atoms with van der Waals surface area (Å²) in [4.78, 5) is 19.4. The van der Waals surface area contributed by atoms with Crippen molar-refractivity contribution in [3.05, 3.63) is 29.8 Å². The molecule has 2 aliphatic heterocycles. The van der Waals surface area contributed by atoms with Crippen LogP contribution in [-0.2, 0) is 4.79 Å². The zero-order valence-electron chi connectivity index (χ0n) is 16.6. The van der Waals surface area contributed by atoms with E-state index in [0.29, 0.717) is 18.9 Å². The van der Waals surface area contributed by atoms with Crippen LogP contribution in [0.25, 0.3) is 0 Å². The van der Waals surface area contributed by atoms with E-state index in [1.165, 1.54) is 31.5 Å². The number of carbonyl (C=O) groups excluding carboxylic acids is 1. The number of nitrogens with zero attached hydrogens (tertiary/aromatic N) is 2. The van der Waals surface area contributed by atoms with Crippen LogP contribution in [0.1, 0.15) is 44.6 Å². The number of hydrogen-bond donors (Lipinski definition) is 3. The molecule has 148 valence electrons. The molecule has 0 spiro atoms. The Morgan fingerprint density at radius 2 is 2.15 bits per heavy atom. The van der Waals surface area contributed by atoms with Crippen LogP contribution in [0.15, 0.2) is 29.3 Å². The smallest absolute Gasteiger partial charge is 0.225 e. The molecule has 2 atom stereocenters. The van der Waals surface area contributed by atoms with Crippen molar-refractivity contribution in [2.45, 2.75) is 39.0 Å². The normalized spacial score (nSPS) is 23.0. The number of likely N-dealkylation sites (tertiary alicyclic amines) is 1. The van der Waals surface area contributed by atoms with Crippen LogP contribution in [0.2, 0.25) is 0 Å². The Balaban J connectivity index is 1.56. The van der Waals surface area contributed by atoms with Gasteiger partial charge in [-0.15, -0.1) is 0 Å². The van der Waals surface area contributed by atoms with Gasteiger partial charge in [-0.3, -0.25) is 9.79 Å². The third-order valence-corrected chi connectivity index (χ3v) is 5.38. The van der Waals surface area contributed by atoms with Gasteiger partial charge in [-0.05, 0) is 50.4 Å². The second-order valence-corrected chi connectivity index (χ2v) is 7.59. The average Bonchev–Trinajstić information content (AvgIpc) is 3.11. The predicted octanol–water partition coefficient (Wildman–Crippen LogP) is 2.40. The zero-order chi connectivity index (χ0) is 19.1. The highest BCUT2D eigenvalue weighted by molar-refractivity contribution is 5.94. The highest BCUT2D eigenvalue weighted by Crippen LogP contribution is 2.31. The molecule has 2 unspecified atom stereocenters. The fourth-order valence-corrected chi connectivity index (χ4v) is 4.05. The van der Waals surface area contributed by atoms with E-state index >= 15 is 0 Å². The Hall–Kier alpha value is -2.08. The van der Waals surface area contributed by atoms with Crippen molar-refractivity contribution >= 4 is 17.6 Å². The molecule has 0 radical (unpaired) electrons. The lowest BCUT2D eigenvalue weighted by molar-refractivity contribution is -0.116. The molecule has 0 aromatic heterocycles. The molecule has 6 heteroatoms. The third kappa shape index (κ3) is 5.45. The zero-order valence-corrected chi connectivity index (χ0v) is 16.6. The van der Waals surface area contributed by atoms with Gasteiger partial charge in [-0.25, -0.2) is 0 Å². The maximum absolute atomic E-state index is 12.0. The quantitative estimate of drug-likeness (QED) is 0.509. The number of aliphatic imine (C=N–C) groups is 1. The Bertz CT molecular complexity index is 660. The summed E-state index contributed by atoms with van der Waals surface area (Å²) in [5.74, 6) is 1.76. The van der Waals surface area contributed by atoms with Crippen molar-refractivity contribution in [2.75, 3.05) is 44.6 Å². The molecule has 0 bridgehead atoms. The number of rotatable bonds is 7. The van der Waals surface area contributed by atoms with Gasteiger partial charge in [-0.1, -0.05) is 25.1 Å². The van der Waals surface area contributed by atoms with Gasteiger partial charge < -0.3 is 20.9 Å². The lowest BCUT2D eigenvalue weighted by atomic mass is 9.90. The molecular formula is C21H33N5O. The maximum atomic E-state index is 12.0. The summed E-state index contributed by atoms with van der Waals surface area (Å²) < 4.78 is 0. The lowest BCUT2D eigenvalue weighted by Crippen LogP contribution is -2.41. The van der Waals surface area contributed by atoms with Crippen molar-refractivity contribution in [3.63, 3.8) is 0 Å². The number of anilines is 1. The van der Waals surface area contributed by atoms with Crippen molar-refractivity contribution < 1.29 is 4.79 Å². The van der Waals surface area contributed by atoms with Crippen molar-refractivity contribution in [3.8, 4) is 0 Å². The standard InChI is InChI=1S/C21H33N5O/c1-3-10-26-11-9-16(15-26)13-23-21(22-4-2)24-14-17-12-20(27)25-19-8-6-5-7-18(17)19/h5-8,16-17H,3-4,9-15H2,1-2H3,(H,25,27)(H2,22,23,24). The van der Waals surface area contributed by atoms with Gasteiger partial charge >= 0.3 is 0 Å². The minimum absolute atomic E-state index is 0.0874. The second-order valence-electron chi connectivity index (χ2n) is 7.59. The fourth-order valence-electron chi connectivity index (χ4n) is 4.05. The minimum atomic E-state index is 0.0874. The van der Waals surface area contributed by atoms with Crippen LogP contribution in [0.4, 0.5) is 5.69 Å². The number of guanidine groups is 1. The largest absolute Gasteiger partial charge is 0.357 e. The van der Waals surface area contributed by atoms with Gasteiger partial charge in [-0.2, -0.15) is 0 Å². The van der Waals surface area contributed by atoms with E-state index < -0.39 is 0 Å². The number of para-hydroxylation sites is 1. The first-order valence-electron chi connectivity index (χ1n) is 10.3. The second kappa shape index (κ2) is 9.74. The summed E-state index contributed by atoms with van der Waals surface area (Å²) in [5.41, 5.74) is 2.14. The Morgan fingerprint density at radius 1 is 1.30 bits per heavy atom. The highest BCUT2D eigenvalue weighted by Gasteiger charge is 2.25. The molecule has 1 fully saturated rings. The molecule has 1 amide bonds. The van der Waals surface area contributed by atoms with E-state index in [1.54, 1.807) is 0 Å². The van der Waals surface area contributed by atoms with E-state index in [-0.39, 0.29) is 11.8 Å². The Labute approximate surface area is 162 Å². The average molecular weight is 372 g/mol. The van der Waals surface area contributed by atoms with Gasteiger partial charge in [0.05, 0.1) is 0 Å². The molecular weight excluding hydrogens is 338 g/mol. The number of hydrogen-bond acceptors (Lipinski definition) is 3. The summed E-state index contributed by atoms with van der Waals surface area (Å²) in [5, 5.41) is 9.76. The summed E-state index contributed by atoms with van der Waals surface area (Å²) >= 11 is 0. The third-order valence-electron chi connectivity index (χ3n) is 5.38. The van der Waals surface area contributed by atoms with Crippen LogP contribution in [-0.4, -0.2) is 56.0 Å². The Kier molecular flexibility index (Phi) is 7.10. The highest BCUT2D eigenvalue weighted by atomic mass is 16.1. The maximum Gasteiger partial charge on any atom is 0.225 e. The fraction of sp³-hybridized carbons (Fsp3) is 0.619. The van der Waals surface area contributed by atoms with E-state index in [4.69, 9.17) is 4.99 Å². The van der Waals surface area contributed by atoms with Gasteiger partial charge in [0.25, 0.3) is 0 Å². The molecule has 0 saturated carbocycles. The molecule has 1 saturated heterocycles. The lowest BCUT2D eigenvalue weighted by Gasteiger charge is -2.26. The molecule has 3 rings (SSSR count). The first-order valence-corrected chi connectivity index (χ1v) is 10.3. The first-order chi connectivity index (χ1) is 13.2. The summed E-state index contributed by atoms with van der Waals surface area (Å²) in [6.45, 7) is 10.3. The van der Waals surface area contributed by atoms with Crippen LogP contribution in [0, 0.1) is 5.92 Å². The summed E-state index contributed by atoms with van der Waals surface area (Å²) in [7, 11) is 0. The predicted molar refractivity (Wildman–Crippen MR) is 111 cm³/mol. The van der Waals surface area contributed by atoms with E-state index in [1.807, 2.05) is 18.2 Å². The number of fused-ring (bicyclic) bond motifs is 1. The molecule has 27 heavy (non-hydrogen) atoms. The molecule has 3 N–H and O–H groups in total. The SMILES string of the molecule is CCCN1CCC(CN=C(NCC)NCC2CC(=O)Nc3ccccc32)C1. The van der Waals surface area contributed by atoms with Crippen LogP contribution >= 0.6 is 0 Å². The van der Waals surface area contributed by atoms with Gasteiger partial charge in [0.2, 0.25) is 5.91 Å². The van der Waals surface area contributed by atoms with Crippen LogP contribution < -0.4 is 16.0 Å². The monoisotopic (exact) mass is 371 g/mol. The van der Waals surface area contributed by atoms with Gasteiger partial charge in [0, 0.05) is 44.2 Å². The summed E-state index contributed by atoms with van der Waals surface area (Å²) in [6.07, 6.45) is 2.97. The van der Waals surface area contributed by atoms with Crippen molar-refractivity contribution in [1.29, 1.82) is 0 Å². The van der Waals surface area contributed by atoms with Crippen molar-refractivity contribution in [2.24, 2.45) is 10.9 Å². The van der Waals surface area contributed by atoms with E-state index in [2.05, 4.69) is 40.8 Å². The first kappa shape index (κ1) is 19.7. The number of amides is 1. The van der Waals surface area contributed by atoms with Crippen molar-refractivity contribution in [1.82, 2.24) is 15.5 Å². The Morgan fingerprint density at radius 3 is 2.96 bits per heavy atom. The molecule has 6 nitrogen and oxygen atoms in total. The number of benzene rings is 1.